The van der Waals surface area contributed by atoms with E-state index in [0.717, 1.165) is 130 Å². The molecule has 4 aliphatic rings. The number of benzene rings is 9. The van der Waals surface area contributed by atoms with Crippen molar-refractivity contribution < 1.29 is 4.74 Å². The maximum atomic E-state index is 13.7. The molecule has 6 heterocycles. The Labute approximate surface area is 633 Å². The first-order valence-electron chi connectivity index (χ1n) is 39.8. The lowest BCUT2D eigenvalue weighted by molar-refractivity contribution is 0.152. The van der Waals surface area contributed by atoms with Gasteiger partial charge in [-0.1, -0.05) is 202 Å². The van der Waals surface area contributed by atoms with Crippen molar-refractivity contribution in [2.24, 2.45) is 11.8 Å². The molecular formula is C94H111N9O4. The summed E-state index contributed by atoms with van der Waals surface area (Å²) < 4.78 is 17.5. The molecule has 0 radical (unpaired) electrons. The summed E-state index contributed by atoms with van der Waals surface area (Å²) in [4.78, 5) is 48.8. The predicted molar refractivity (Wildman–Crippen MR) is 439 cm³/mol. The van der Waals surface area contributed by atoms with Gasteiger partial charge in [0.25, 0.3) is 0 Å². The Balaban J connectivity index is 0.000000135. The fraction of sp³-hybridized carbons (Fsp3) is 0.394. The molecule has 0 atom stereocenters. The molecule has 3 aliphatic heterocycles. The highest BCUT2D eigenvalue weighted by molar-refractivity contribution is 5.78. The van der Waals surface area contributed by atoms with E-state index in [9.17, 15) is 14.4 Å². The van der Waals surface area contributed by atoms with Gasteiger partial charge in [-0.05, 0) is 214 Å². The summed E-state index contributed by atoms with van der Waals surface area (Å²) in [6.07, 6.45) is 10.7. The molecule has 9 aromatic carbocycles. The quantitative estimate of drug-likeness (QED) is 0.0749. The smallest absolute Gasteiger partial charge is 0.329 e. The maximum absolute atomic E-state index is 13.7. The van der Waals surface area contributed by atoms with Crippen LogP contribution in [0.25, 0.3) is 33.1 Å². The van der Waals surface area contributed by atoms with E-state index in [4.69, 9.17) is 4.74 Å². The number of methoxy groups -OCH3 is 1. The highest BCUT2D eigenvalue weighted by Crippen LogP contribution is 2.42. The van der Waals surface area contributed by atoms with Gasteiger partial charge in [-0.15, -0.1) is 0 Å². The fourth-order valence-electron chi connectivity index (χ4n) is 18.1. The fourth-order valence-corrected chi connectivity index (χ4v) is 18.1. The van der Waals surface area contributed by atoms with Crippen LogP contribution in [0.15, 0.2) is 233 Å². The third-order valence-corrected chi connectivity index (χ3v) is 24.3. The number of piperidine rings is 3. The first kappa shape index (κ1) is 74.5. The second-order valence-corrected chi connectivity index (χ2v) is 31.5. The van der Waals surface area contributed by atoms with Gasteiger partial charge in [0, 0.05) is 77.6 Å². The van der Waals surface area contributed by atoms with Crippen LogP contribution in [0.3, 0.4) is 0 Å². The number of hydrogen-bond acceptors (Lipinski definition) is 7. The molecule has 0 N–H and O–H groups in total. The molecular weight excluding hydrogens is 1320 g/mol. The first-order chi connectivity index (χ1) is 52.2. The number of aromatic nitrogens is 6. The van der Waals surface area contributed by atoms with E-state index < -0.39 is 0 Å². The Kier molecular flexibility index (Phi) is 23.5. The summed E-state index contributed by atoms with van der Waals surface area (Å²) in [6.45, 7) is 26.3. The van der Waals surface area contributed by atoms with Gasteiger partial charge < -0.3 is 4.74 Å². The second-order valence-electron chi connectivity index (χ2n) is 31.5. The van der Waals surface area contributed by atoms with Crippen LogP contribution < -0.4 is 17.1 Å². The molecule has 16 rings (SSSR count). The van der Waals surface area contributed by atoms with Crippen LogP contribution in [-0.2, 0) is 24.4 Å². The number of fused-ring (bicyclic) bond motifs is 3. The van der Waals surface area contributed by atoms with Gasteiger partial charge in [-0.2, -0.15) is 0 Å². The van der Waals surface area contributed by atoms with Crippen molar-refractivity contribution in [2.75, 3.05) is 53.0 Å². The molecule has 3 saturated heterocycles. The van der Waals surface area contributed by atoms with E-state index in [0.29, 0.717) is 25.0 Å². The molecule has 13 nitrogen and oxygen atoms in total. The van der Waals surface area contributed by atoms with Crippen molar-refractivity contribution in [3.8, 4) is 0 Å². The highest BCUT2D eigenvalue weighted by atomic mass is 16.5. The number of para-hydroxylation sites is 6. The first-order valence-corrected chi connectivity index (χ1v) is 39.8. The minimum atomic E-state index is 0.0797. The summed E-state index contributed by atoms with van der Waals surface area (Å²) in [6, 6.07) is 79.0. The normalized spacial score (nSPS) is 16.1. The van der Waals surface area contributed by atoms with Crippen LogP contribution in [0.2, 0.25) is 0 Å². The number of hydrogen-bond donors (Lipinski definition) is 0. The van der Waals surface area contributed by atoms with Crippen molar-refractivity contribution in [2.45, 2.75) is 175 Å². The molecule has 1 aliphatic carbocycles. The average Bonchev–Trinajstić information content (AvgIpc) is 1.68. The summed E-state index contributed by atoms with van der Waals surface area (Å²) in [7, 11) is 1.68. The average molecular weight is 1430 g/mol. The second kappa shape index (κ2) is 33.8. The third kappa shape index (κ3) is 15.7. The van der Waals surface area contributed by atoms with Crippen molar-refractivity contribution in [1.82, 2.24) is 42.1 Å². The van der Waals surface area contributed by atoms with E-state index in [1.807, 2.05) is 31.9 Å². The van der Waals surface area contributed by atoms with Crippen molar-refractivity contribution in [1.29, 1.82) is 0 Å². The van der Waals surface area contributed by atoms with E-state index in [1.54, 1.807) is 7.11 Å². The monoisotopic (exact) mass is 1430 g/mol. The lowest BCUT2D eigenvalue weighted by Gasteiger charge is -2.39. The predicted octanol–water partition coefficient (Wildman–Crippen LogP) is 19.0. The molecule has 107 heavy (non-hydrogen) atoms. The van der Waals surface area contributed by atoms with Gasteiger partial charge in [-0.25, -0.2) is 14.4 Å². The molecule has 556 valence electrons. The molecule has 0 bridgehead atoms. The highest BCUT2D eigenvalue weighted by Gasteiger charge is 2.36. The molecule has 0 amide bonds. The number of ether oxygens (including phenoxy) is 1. The summed E-state index contributed by atoms with van der Waals surface area (Å²) in [5.74, 6) is 1.23. The number of likely N-dealkylation sites (tertiary alicyclic amines) is 3. The van der Waals surface area contributed by atoms with Gasteiger partial charge in [-0.3, -0.25) is 42.1 Å². The zero-order valence-corrected chi connectivity index (χ0v) is 64.7. The number of nitrogens with zero attached hydrogens (tertiary/aromatic N) is 9. The Hall–Kier alpha value is -9.37. The molecule has 3 aromatic heterocycles. The van der Waals surface area contributed by atoms with E-state index in [2.05, 4.69) is 284 Å². The molecule has 4 fully saturated rings. The lowest BCUT2D eigenvalue weighted by Crippen LogP contribution is -2.40. The van der Waals surface area contributed by atoms with Gasteiger partial charge in [0.05, 0.1) is 64.4 Å². The van der Waals surface area contributed by atoms with E-state index >= 15 is 0 Å². The zero-order chi connectivity index (χ0) is 74.2. The molecule has 12 aromatic rings. The summed E-state index contributed by atoms with van der Waals surface area (Å²) >= 11 is 0. The maximum Gasteiger partial charge on any atom is 0.329 e. The third-order valence-electron chi connectivity index (χ3n) is 24.3. The number of aryl methyl sites for hydroxylation is 7. The molecule has 13 heteroatoms. The largest absolute Gasteiger partial charge is 0.383 e. The minimum Gasteiger partial charge on any atom is -0.383 e. The Morgan fingerprint density at radius 2 is 0.579 bits per heavy atom. The lowest BCUT2D eigenvalue weighted by atomic mass is 9.85. The number of imidazole rings is 3. The van der Waals surface area contributed by atoms with E-state index in [-0.39, 0.29) is 53.3 Å². The van der Waals surface area contributed by atoms with Gasteiger partial charge >= 0.3 is 17.1 Å². The SMILES string of the molecule is COCCn1c(=O)n(C2CCN(C(c3ccccc3C)c3ccccc3C)CC2)c2ccccc21.Cc1ccccc1C(c1ccccc1C)N1CCC(n2c(=O)n(CC3CCC3)c3ccccc32)CC1.Cc1ccccc1C(c1ccccc1C)N1CCC(n2c(=O)n(CCC(C)C)c3ccccc32)CC1. The molecule has 0 unspecified atom stereocenters. The standard InChI is InChI=1S/C32H37N3O.C32H39N3O.C30H35N3O2/c1-23-10-3-5-14-27(23)31(28-15-6-4-11-24(28)2)33-20-18-26(19-21-33)35-30-17-8-7-16-29(30)34(32(35)36)22-25-12-9-13-25;1-23(2)17-22-34-29-15-9-10-16-30(29)35(32(34)36)26-18-20-33(21-19-26)31(27-13-7-5-11-24(27)3)28-14-8-6-12-25(28)4;1-22-10-4-6-12-25(22)29(26-13-7-5-11-23(26)2)31-18-16-24(17-19-31)33-28-15-9-8-14-27(28)32(30(33)34)20-21-35-3/h3-8,10-11,14-17,25-26,31H,9,12-13,18-22H2,1-2H3;5-16,23,26,31H,17-22H2,1-4H3;4-15,24,29H,16-21H2,1-3H3. The molecule has 1 saturated carbocycles. The topological polar surface area (TPSA) is 99.7 Å². The Morgan fingerprint density at radius 1 is 0.327 bits per heavy atom. The van der Waals surface area contributed by atoms with Gasteiger partial charge in [0.1, 0.15) is 0 Å². The Bertz CT molecular complexity index is 5050. The van der Waals surface area contributed by atoms with Crippen molar-refractivity contribution in [3.05, 3.63) is 317 Å². The molecule has 0 spiro atoms. The van der Waals surface area contributed by atoms with Crippen molar-refractivity contribution >= 4 is 33.1 Å². The Morgan fingerprint density at radius 3 is 0.841 bits per heavy atom. The summed E-state index contributed by atoms with van der Waals surface area (Å²) in [5, 5.41) is 0. The number of rotatable bonds is 20. The van der Waals surface area contributed by atoms with E-state index in [1.165, 1.54) is 86.0 Å². The van der Waals surface area contributed by atoms with Crippen molar-refractivity contribution in [3.63, 3.8) is 0 Å². The summed E-state index contributed by atoms with van der Waals surface area (Å²) in [5.41, 5.74) is 23.1. The van der Waals surface area contributed by atoms with Crippen LogP contribution in [0.5, 0.6) is 0 Å². The van der Waals surface area contributed by atoms with Gasteiger partial charge in [0.2, 0.25) is 0 Å². The zero-order valence-electron chi connectivity index (χ0n) is 64.7. The van der Waals surface area contributed by atoms with Crippen LogP contribution >= 0.6 is 0 Å². The van der Waals surface area contributed by atoms with Gasteiger partial charge in [0.15, 0.2) is 0 Å². The van der Waals surface area contributed by atoms with Crippen LogP contribution in [0, 0.1) is 53.4 Å². The minimum absolute atomic E-state index is 0.0797. The van der Waals surface area contributed by atoms with Crippen LogP contribution in [-0.4, -0.2) is 95.1 Å². The van der Waals surface area contributed by atoms with Crippen LogP contribution in [0.1, 0.15) is 181 Å². The van der Waals surface area contributed by atoms with Crippen LogP contribution in [0.4, 0.5) is 0 Å².